The molecular weight excluding hydrogens is 321 g/mol. The van der Waals surface area contributed by atoms with Crippen LogP contribution in [0, 0.1) is 23.4 Å². The Bertz CT molecular complexity index is 627. The highest BCUT2D eigenvalue weighted by molar-refractivity contribution is 5.94. The second kappa shape index (κ2) is 7.68. The standard InChI is InChI=1S/C17H21F3N2O2/c1-10(2)9-14(23)22-7-5-11(6-8-22)21-17(24)12-3-4-13(18)16(20)15(12)19/h3-4,10-11H,5-9H2,1-2H3,(H,21,24). The molecule has 2 rings (SSSR count). The van der Waals surface area contributed by atoms with Crippen LogP contribution < -0.4 is 5.32 Å². The lowest BCUT2D eigenvalue weighted by Crippen LogP contribution is -2.46. The number of likely N-dealkylation sites (tertiary alicyclic amines) is 1. The Morgan fingerprint density at radius 1 is 1.17 bits per heavy atom. The van der Waals surface area contributed by atoms with Crippen LogP contribution in [0.25, 0.3) is 0 Å². The SMILES string of the molecule is CC(C)CC(=O)N1CCC(NC(=O)c2ccc(F)c(F)c2F)CC1. The Kier molecular flexibility index (Phi) is 5.85. The molecule has 0 atom stereocenters. The first kappa shape index (κ1) is 18.3. The third-order valence-electron chi connectivity index (χ3n) is 4.05. The fraction of sp³-hybridized carbons (Fsp3) is 0.529. The molecule has 132 valence electrons. The van der Waals surface area contributed by atoms with E-state index in [0.29, 0.717) is 32.4 Å². The molecule has 4 nitrogen and oxygen atoms in total. The lowest BCUT2D eigenvalue weighted by molar-refractivity contribution is -0.133. The smallest absolute Gasteiger partial charge is 0.254 e. The van der Waals surface area contributed by atoms with Crippen LogP contribution in [0.4, 0.5) is 13.2 Å². The molecule has 0 saturated carbocycles. The maximum Gasteiger partial charge on any atom is 0.254 e. The number of halogens is 3. The van der Waals surface area contributed by atoms with E-state index in [4.69, 9.17) is 0 Å². The van der Waals surface area contributed by atoms with Gasteiger partial charge in [0.1, 0.15) is 0 Å². The third-order valence-corrected chi connectivity index (χ3v) is 4.05. The Morgan fingerprint density at radius 3 is 2.38 bits per heavy atom. The van der Waals surface area contributed by atoms with Crippen LogP contribution >= 0.6 is 0 Å². The van der Waals surface area contributed by atoms with Gasteiger partial charge in [0.2, 0.25) is 5.91 Å². The molecule has 1 aromatic rings. The minimum absolute atomic E-state index is 0.0847. The van der Waals surface area contributed by atoms with Crippen LogP contribution in [0.15, 0.2) is 12.1 Å². The topological polar surface area (TPSA) is 49.4 Å². The summed E-state index contributed by atoms with van der Waals surface area (Å²) in [6.45, 7) is 4.97. The number of nitrogens with zero attached hydrogens (tertiary/aromatic N) is 1. The molecule has 24 heavy (non-hydrogen) atoms. The van der Waals surface area contributed by atoms with Crippen LogP contribution in [0.2, 0.25) is 0 Å². The van der Waals surface area contributed by atoms with Crippen molar-refractivity contribution in [3.63, 3.8) is 0 Å². The highest BCUT2D eigenvalue weighted by Gasteiger charge is 2.26. The molecule has 0 radical (unpaired) electrons. The maximum absolute atomic E-state index is 13.6. The number of rotatable bonds is 4. The average Bonchev–Trinajstić information content (AvgIpc) is 2.52. The van der Waals surface area contributed by atoms with Crippen LogP contribution in [0.3, 0.4) is 0 Å². The van der Waals surface area contributed by atoms with E-state index >= 15 is 0 Å². The number of carbonyl (C=O) groups is 2. The molecule has 1 heterocycles. The largest absolute Gasteiger partial charge is 0.349 e. The molecule has 1 aromatic carbocycles. The van der Waals surface area contributed by atoms with Crippen molar-refractivity contribution in [3.05, 3.63) is 35.1 Å². The number of amides is 2. The highest BCUT2D eigenvalue weighted by Crippen LogP contribution is 2.17. The second-order valence-corrected chi connectivity index (χ2v) is 6.45. The van der Waals surface area contributed by atoms with Crippen molar-refractivity contribution >= 4 is 11.8 Å². The summed E-state index contributed by atoms with van der Waals surface area (Å²) in [6, 6.07) is 1.42. The summed E-state index contributed by atoms with van der Waals surface area (Å²) in [6.07, 6.45) is 1.57. The molecule has 1 saturated heterocycles. The molecule has 2 amide bonds. The van der Waals surface area contributed by atoms with Crippen LogP contribution in [0.5, 0.6) is 0 Å². The van der Waals surface area contributed by atoms with Crippen LogP contribution in [0.1, 0.15) is 43.5 Å². The first-order valence-corrected chi connectivity index (χ1v) is 8.01. The number of hydrogen-bond donors (Lipinski definition) is 1. The number of nitrogens with one attached hydrogen (secondary N) is 1. The zero-order valence-corrected chi connectivity index (χ0v) is 13.7. The zero-order chi connectivity index (χ0) is 17.9. The molecule has 0 bridgehead atoms. The normalized spacial score (nSPS) is 15.7. The van der Waals surface area contributed by atoms with E-state index < -0.39 is 28.9 Å². The van der Waals surface area contributed by atoms with Gasteiger partial charge >= 0.3 is 0 Å². The van der Waals surface area contributed by atoms with Gasteiger partial charge in [0.05, 0.1) is 5.56 Å². The quantitative estimate of drug-likeness (QED) is 0.856. The molecule has 1 fully saturated rings. The lowest BCUT2D eigenvalue weighted by atomic mass is 10.0. The fourth-order valence-corrected chi connectivity index (χ4v) is 2.72. The summed E-state index contributed by atoms with van der Waals surface area (Å²) in [7, 11) is 0. The van der Waals surface area contributed by atoms with Gasteiger partial charge in [-0.3, -0.25) is 9.59 Å². The van der Waals surface area contributed by atoms with Gasteiger partial charge in [-0.25, -0.2) is 13.2 Å². The van der Waals surface area contributed by atoms with Crippen molar-refractivity contribution in [1.29, 1.82) is 0 Å². The molecule has 0 spiro atoms. The first-order chi connectivity index (χ1) is 11.3. The van der Waals surface area contributed by atoms with Gasteiger partial charge in [0, 0.05) is 25.6 Å². The van der Waals surface area contributed by atoms with Crippen molar-refractivity contribution in [2.24, 2.45) is 5.92 Å². The number of hydrogen-bond acceptors (Lipinski definition) is 2. The predicted molar refractivity (Wildman–Crippen MR) is 82.8 cm³/mol. The van der Waals surface area contributed by atoms with E-state index in [2.05, 4.69) is 5.32 Å². The minimum atomic E-state index is -1.66. The lowest BCUT2D eigenvalue weighted by Gasteiger charge is -2.32. The van der Waals surface area contributed by atoms with E-state index in [1.165, 1.54) is 0 Å². The van der Waals surface area contributed by atoms with E-state index in [0.717, 1.165) is 12.1 Å². The van der Waals surface area contributed by atoms with Gasteiger partial charge in [-0.2, -0.15) is 0 Å². The summed E-state index contributed by atoms with van der Waals surface area (Å²) in [4.78, 5) is 25.8. The van der Waals surface area contributed by atoms with Gasteiger partial charge in [0.15, 0.2) is 17.5 Å². The number of carbonyl (C=O) groups excluding carboxylic acids is 2. The molecule has 1 aliphatic heterocycles. The van der Waals surface area contributed by atoms with E-state index in [1.54, 1.807) is 4.90 Å². The number of benzene rings is 1. The summed E-state index contributed by atoms with van der Waals surface area (Å²) in [5, 5.41) is 2.62. The third kappa shape index (κ3) is 4.27. The summed E-state index contributed by atoms with van der Waals surface area (Å²) in [5.41, 5.74) is -0.521. The summed E-state index contributed by atoms with van der Waals surface area (Å²) in [5.74, 6) is -4.89. The molecule has 0 aromatic heterocycles. The van der Waals surface area contributed by atoms with Crippen molar-refractivity contribution < 1.29 is 22.8 Å². The molecule has 1 N–H and O–H groups in total. The molecule has 7 heteroatoms. The Labute approximate surface area is 139 Å². The van der Waals surface area contributed by atoms with E-state index in [1.807, 2.05) is 13.8 Å². The van der Waals surface area contributed by atoms with Crippen molar-refractivity contribution in [2.45, 2.75) is 39.2 Å². The van der Waals surface area contributed by atoms with Gasteiger partial charge in [-0.15, -0.1) is 0 Å². The van der Waals surface area contributed by atoms with Crippen LogP contribution in [-0.2, 0) is 4.79 Å². The van der Waals surface area contributed by atoms with Crippen molar-refractivity contribution in [1.82, 2.24) is 10.2 Å². The molecule has 0 aliphatic carbocycles. The van der Waals surface area contributed by atoms with Crippen molar-refractivity contribution in [3.8, 4) is 0 Å². The maximum atomic E-state index is 13.6. The highest BCUT2D eigenvalue weighted by atomic mass is 19.2. The van der Waals surface area contributed by atoms with E-state index in [9.17, 15) is 22.8 Å². The Hall–Kier alpha value is -2.05. The number of piperidine rings is 1. The van der Waals surface area contributed by atoms with Gasteiger partial charge in [0.25, 0.3) is 5.91 Å². The van der Waals surface area contributed by atoms with Crippen LogP contribution in [-0.4, -0.2) is 35.8 Å². The first-order valence-electron chi connectivity index (χ1n) is 8.01. The molecule has 1 aliphatic rings. The Morgan fingerprint density at radius 2 is 1.79 bits per heavy atom. The zero-order valence-electron chi connectivity index (χ0n) is 13.7. The fourth-order valence-electron chi connectivity index (χ4n) is 2.72. The second-order valence-electron chi connectivity index (χ2n) is 6.45. The summed E-state index contributed by atoms with van der Waals surface area (Å²) >= 11 is 0. The van der Waals surface area contributed by atoms with Gasteiger partial charge in [-0.1, -0.05) is 13.8 Å². The monoisotopic (exact) mass is 342 g/mol. The molecular formula is C17H21F3N2O2. The van der Waals surface area contributed by atoms with Gasteiger partial charge in [-0.05, 0) is 30.9 Å². The summed E-state index contributed by atoms with van der Waals surface area (Å²) < 4.78 is 39.7. The molecule has 0 unspecified atom stereocenters. The Balaban J connectivity index is 1.91. The van der Waals surface area contributed by atoms with Gasteiger partial charge < -0.3 is 10.2 Å². The minimum Gasteiger partial charge on any atom is -0.349 e. The predicted octanol–water partition coefficient (Wildman–Crippen LogP) is 2.87. The average molecular weight is 342 g/mol. The van der Waals surface area contributed by atoms with E-state index in [-0.39, 0.29) is 17.9 Å². The van der Waals surface area contributed by atoms with Crippen molar-refractivity contribution in [2.75, 3.05) is 13.1 Å².